The summed E-state index contributed by atoms with van der Waals surface area (Å²) in [5, 5.41) is 8.31. The molecule has 2 aromatic carbocycles. The van der Waals surface area contributed by atoms with Crippen molar-refractivity contribution >= 4 is 52.4 Å². The third-order valence-electron chi connectivity index (χ3n) is 2.70. The number of benzene rings is 2. The van der Waals surface area contributed by atoms with Crippen LogP contribution in [0, 0.1) is 0 Å². The molecule has 0 amide bonds. The normalized spacial score (nSPS) is 10.5. The molecule has 0 bridgehead atoms. The van der Waals surface area contributed by atoms with E-state index < -0.39 is 0 Å². The van der Waals surface area contributed by atoms with Crippen molar-refractivity contribution in [1.82, 2.24) is 5.43 Å². The number of halogens is 2. The molecule has 0 saturated heterocycles. The molecule has 2 rings (SSSR count). The summed E-state index contributed by atoms with van der Waals surface area (Å²) in [6.45, 7) is 0. The molecule has 0 aliphatic rings. The number of ether oxygens (including phenoxy) is 1. The Hall–Kier alpha value is -1.82. The van der Waals surface area contributed by atoms with Crippen LogP contribution >= 0.6 is 35.4 Å². The minimum absolute atomic E-state index is 0.361. The van der Waals surface area contributed by atoms with Crippen LogP contribution in [0.1, 0.15) is 5.56 Å². The molecule has 0 saturated carbocycles. The van der Waals surface area contributed by atoms with E-state index in [1.54, 1.807) is 31.5 Å². The third kappa shape index (κ3) is 4.59. The standard InChI is InChI=1S/C15H13Cl2N3OS/c1-21-12-7-5-11(6-8-12)19-15(22)20-18-9-10-3-2-4-13(16)14(10)17/h2-9H,1H3,(H2,19,20,22)/b18-9-. The summed E-state index contributed by atoms with van der Waals surface area (Å²) in [7, 11) is 1.62. The summed E-state index contributed by atoms with van der Waals surface area (Å²) < 4.78 is 5.09. The average molecular weight is 354 g/mol. The molecule has 0 atom stereocenters. The second-order valence-corrected chi connectivity index (χ2v) is 5.39. The zero-order valence-electron chi connectivity index (χ0n) is 11.6. The number of anilines is 1. The van der Waals surface area contributed by atoms with E-state index in [1.165, 1.54) is 0 Å². The SMILES string of the molecule is COc1ccc(NC(=S)N/N=C\c2cccc(Cl)c2Cl)cc1. The number of hydrogen-bond acceptors (Lipinski definition) is 3. The monoisotopic (exact) mass is 353 g/mol. The molecule has 0 heterocycles. The number of methoxy groups -OCH3 is 1. The van der Waals surface area contributed by atoms with Gasteiger partial charge in [0.2, 0.25) is 0 Å². The van der Waals surface area contributed by atoms with Gasteiger partial charge in [-0.15, -0.1) is 0 Å². The Balaban J connectivity index is 1.91. The van der Waals surface area contributed by atoms with Crippen molar-refractivity contribution in [3.8, 4) is 5.75 Å². The smallest absolute Gasteiger partial charge is 0.191 e. The molecular formula is C15H13Cl2N3OS. The lowest BCUT2D eigenvalue weighted by atomic mass is 10.2. The van der Waals surface area contributed by atoms with Crippen molar-refractivity contribution in [2.45, 2.75) is 0 Å². The number of hydrazone groups is 1. The first-order valence-electron chi connectivity index (χ1n) is 6.28. The topological polar surface area (TPSA) is 45.6 Å². The van der Waals surface area contributed by atoms with E-state index in [9.17, 15) is 0 Å². The maximum Gasteiger partial charge on any atom is 0.191 e. The molecule has 2 N–H and O–H groups in total. The fraction of sp³-hybridized carbons (Fsp3) is 0.0667. The van der Waals surface area contributed by atoms with Crippen molar-refractivity contribution in [2.24, 2.45) is 5.10 Å². The lowest BCUT2D eigenvalue weighted by molar-refractivity contribution is 0.415. The van der Waals surface area contributed by atoms with Gasteiger partial charge in [-0.2, -0.15) is 5.10 Å². The van der Waals surface area contributed by atoms with Crippen LogP contribution in [0.15, 0.2) is 47.6 Å². The fourth-order valence-corrected chi connectivity index (χ4v) is 2.14. The average Bonchev–Trinajstić information content (AvgIpc) is 2.52. The van der Waals surface area contributed by atoms with E-state index >= 15 is 0 Å². The molecule has 7 heteroatoms. The Kier molecular flexibility index (Phi) is 6.00. The highest BCUT2D eigenvalue weighted by atomic mass is 35.5. The minimum atomic E-state index is 0.361. The van der Waals surface area contributed by atoms with Gasteiger partial charge >= 0.3 is 0 Å². The van der Waals surface area contributed by atoms with Crippen molar-refractivity contribution in [3.63, 3.8) is 0 Å². The first-order chi connectivity index (χ1) is 10.6. The van der Waals surface area contributed by atoms with Crippen LogP contribution in [0.25, 0.3) is 0 Å². The molecule has 4 nitrogen and oxygen atoms in total. The zero-order valence-corrected chi connectivity index (χ0v) is 14.0. The quantitative estimate of drug-likeness (QED) is 0.488. The van der Waals surface area contributed by atoms with Crippen LogP contribution in [0.3, 0.4) is 0 Å². The van der Waals surface area contributed by atoms with E-state index in [-0.39, 0.29) is 0 Å². The number of nitrogens with one attached hydrogen (secondary N) is 2. The van der Waals surface area contributed by atoms with Crippen LogP contribution < -0.4 is 15.5 Å². The second-order valence-electron chi connectivity index (χ2n) is 4.20. The summed E-state index contributed by atoms with van der Waals surface area (Å²) >= 11 is 17.1. The molecule has 0 aromatic heterocycles. The zero-order chi connectivity index (χ0) is 15.9. The molecule has 0 spiro atoms. The molecule has 114 valence electrons. The van der Waals surface area contributed by atoms with Gasteiger partial charge in [0.1, 0.15) is 5.75 Å². The highest BCUT2D eigenvalue weighted by Crippen LogP contribution is 2.24. The van der Waals surface area contributed by atoms with Gasteiger partial charge in [-0.3, -0.25) is 5.43 Å². The lowest BCUT2D eigenvalue weighted by Gasteiger charge is -2.07. The second kappa shape index (κ2) is 7.98. The summed E-state index contributed by atoms with van der Waals surface area (Å²) in [6, 6.07) is 12.7. The van der Waals surface area contributed by atoms with Crippen LogP contribution in [0.5, 0.6) is 5.75 Å². The van der Waals surface area contributed by atoms with Gasteiger partial charge in [-0.05, 0) is 42.5 Å². The fourth-order valence-electron chi connectivity index (χ4n) is 1.61. The van der Waals surface area contributed by atoms with Crippen LogP contribution in [0.2, 0.25) is 10.0 Å². The number of rotatable bonds is 4. The molecule has 2 aromatic rings. The molecule has 0 radical (unpaired) electrons. The number of nitrogens with zero attached hydrogens (tertiary/aromatic N) is 1. The predicted octanol–water partition coefficient (Wildman–Crippen LogP) is 4.32. The van der Waals surface area contributed by atoms with E-state index in [4.69, 9.17) is 40.2 Å². The molecule has 0 fully saturated rings. The van der Waals surface area contributed by atoms with Gasteiger partial charge in [0.25, 0.3) is 0 Å². The van der Waals surface area contributed by atoms with Crippen molar-refractivity contribution in [1.29, 1.82) is 0 Å². The van der Waals surface area contributed by atoms with E-state index in [2.05, 4.69) is 15.8 Å². The number of hydrogen-bond donors (Lipinski definition) is 2. The third-order valence-corrected chi connectivity index (χ3v) is 3.73. The van der Waals surface area contributed by atoms with Crippen molar-refractivity contribution < 1.29 is 4.74 Å². The Morgan fingerprint density at radius 2 is 1.91 bits per heavy atom. The highest BCUT2D eigenvalue weighted by Gasteiger charge is 2.01. The van der Waals surface area contributed by atoms with E-state index in [0.717, 1.165) is 11.4 Å². The van der Waals surface area contributed by atoms with Crippen molar-refractivity contribution in [2.75, 3.05) is 12.4 Å². The summed E-state index contributed by atoms with van der Waals surface area (Å²) in [6.07, 6.45) is 1.55. The Morgan fingerprint density at radius 3 is 2.59 bits per heavy atom. The Bertz CT molecular complexity index is 690. The minimum Gasteiger partial charge on any atom is -0.497 e. The first kappa shape index (κ1) is 16.5. The van der Waals surface area contributed by atoms with Gasteiger partial charge in [-0.1, -0.05) is 35.3 Å². The van der Waals surface area contributed by atoms with Crippen LogP contribution in [-0.4, -0.2) is 18.4 Å². The number of thiocarbonyl (C=S) groups is 1. The van der Waals surface area contributed by atoms with Gasteiger partial charge < -0.3 is 10.1 Å². The molecule has 0 aliphatic carbocycles. The summed E-state index contributed by atoms with van der Waals surface area (Å²) in [4.78, 5) is 0. The molecule has 22 heavy (non-hydrogen) atoms. The van der Waals surface area contributed by atoms with Gasteiger partial charge in [0.05, 0.1) is 23.4 Å². The molecule has 0 unspecified atom stereocenters. The molecular weight excluding hydrogens is 341 g/mol. The van der Waals surface area contributed by atoms with Crippen molar-refractivity contribution in [3.05, 3.63) is 58.1 Å². The van der Waals surface area contributed by atoms with E-state index in [1.807, 2.05) is 24.3 Å². The highest BCUT2D eigenvalue weighted by molar-refractivity contribution is 7.80. The van der Waals surface area contributed by atoms with Gasteiger partial charge in [-0.25, -0.2) is 0 Å². The largest absolute Gasteiger partial charge is 0.497 e. The van der Waals surface area contributed by atoms with Crippen LogP contribution in [-0.2, 0) is 0 Å². The van der Waals surface area contributed by atoms with Gasteiger partial charge in [0.15, 0.2) is 5.11 Å². The Morgan fingerprint density at radius 1 is 1.18 bits per heavy atom. The van der Waals surface area contributed by atoms with Crippen LogP contribution in [0.4, 0.5) is 5.69 Å². The van der Waals surface area contributed by atoms with Gasteiger partial charge in [0, 0.05) is 11.3 Å². The predicted molar refractivity (Wildman–Crippen MR) is 96.4 cm³/mol. The Labute approximate surface area is 144 Å². The lowest BCUT2D eigenvalue weighted by Crippen LogP contribution is -2.23. The maximum absolute atomic E-state index is 6.06. The summed E-state index contributed by atoms with van der Waals surface area (Å²) in [5.41, 5.74) is 4.24. The molecule has 0 aliphatic heterocycles. The first-order valence-corrected chi connectivity index (χ1v) is 7.44. The maximum atomic E-state index is 6.06. The van der Waals surface area contributed by atoms with E-state index in [0.29, 0.717) is 20.7 Å². The summed E-state index contributed by atoms with van der Waals surface area (Å²) in [5.74, 6) is 0.776.